The predicted octanol–water partition coefficient (Wildman–Crippen LogP) is 5.56. The highest BCUT2D eigenvalue weighted by molar-refractivity contribution is 5.74. The van der Waals surface area contributed by atoms with Crippen LogP contribution in [0.25, 0.3) is 22.8 Å². The number of nitrogens with zero attached hydrogens (tertiary/aromatic N) is 6. The van der Waals surface area contributed by atoms with Crippen LogP contribution in [0.1, 0.15) is 37.8 Å². The van der Waals surface area contributed by atoms with Crippen molar-refractivity contribution < 1.29 is 0 Å². The molecule has 0 aliphatic carbocycles. The van der Waals surface area contributed by atoms with Crippen molar-refractivity contribution in [3.05, 3.63) is 78.2 Å². The van der Waals surface area contributed by atoms with E-state index in [-0.39, 0.29) is 0 Å². The van der Waals surface area contributed by atoms with Gasteiger partial charge < -0.3 is 14.4 Å². The minimum atomic E-state index is 0.415. The van der Waals surface area contributed by atoms with Crippen LogP contribution in [0, 0.1) is 0 Å². The fraction of sp³-hybridized carbons (Fsp3) is 0.296. The van der Waals surface area contributed by atoms with Gasteiger partial charge in [-0.2, -0.15) is 0 Å². The second-order valence-electron chi connectivity index (χ2n) is 8.92. The Balaban J connectivity index is 1.43. The molecule has 2 aromatic carbocycles. The largest absolute Gasteiger partial charge is 0.353 e. The summed E-state index contributed by atoms with van der Waals surface area (Å²) in [6.07, 6.45) is 5.84. The lowest BCUT2D eigenvalue weighted by Gasteiger charge is -2.19. The van der Waals surface area contributed by atoms with Crippen LogP contribution >= 0.6 is 0 Å². The van der Waals surface area contributed by atoms with Crippen LogP contribution in [-0.2, 0) is 13.1 Å². The molecule has 33 heavy (non-hydrogen) atoms. The maximum atomic E-state index is 5.04. The summed E-state index contributed by atoms with van der Waals surface area (Å²) in [7, 11) is 2.09. The second kappa shape index (κ2) is 8.70. The zero-order valence-corrected chi connectivity index (χ0v) is 19.7. The Labute approximate surface area is 195 Å². The van der Waals surface area contributed by atoms with Crippen LogP contribution in [0.15, 0.2) is 67.1 Å². The van der Waals surface area contributed by atoms with E-state index in [1.165, 1.54) is 11.1 Å². The van der Waals surface area contributed by atoms with Gasteiger partial charge >= 0.3 is 0 Å². The van der Waals surface area contributed by atoms with Gasteiger partial charge in [0, 0.05) is 43.7 Å². The number of fused-ring (bicyclic) bond motifs is 1. The smallest absolute Gasteiger partial charge is 0.161 e. The monoisotopic (exact) mass is 438 g/mol. The van der Waals surface area contributed by atoms with E-state index >= 15 is 0 Å². The van der Waals surface area contributed by atoms with Gasteiger partial charge in [0.1, 0.15) is 5.82 Å². The molecular formula is C27H30N6. The number of aryl methyl sites for hydroxylation is 1. The molecule has 2 aromatic heterocycles. The van der Waals surface area contributed by atoms with Gasteiger partial charge in [-0.1, -0.05) is 62.4 Å². The van der Waals surface area contributed by atoms with Crippen LogP contribution in [0.2, 0.25) is 0 Å². The maximum Gasteiger partial charge on any atom is 0.161 e. The first-order valence-electron chi connectivity index (χ1n) is 11.6. The summed E-state index contributed by atoms with van der Waals surface area (Å²) >= 11 is 0. The number of rotatable bonds is 6. The summed E-state index contributed by atoms with van der Waals surface area (Å²) in [4.78, 5) is 18.8. The van der Waals surface area contributed by atoms with Gasteiger partial charge in [-0.25, -0.2) is 15.0 Å². The van der Waals surface area contributed by atoms with Crippen molar-refractivity contribution in [1.29, 1.82) is 0 Å². The van der Waals surface area contributed by atoms with E-state index in [1.54, 1.807) is 0 Å². The van der Waals surface area contributed by atoms with E-state index < -0.39 is 0 Å². The van der Waals surface area contributed by atoms with E-state index in [4.69, 9.17) is 9.97 Å². The van der Waals surface area contributed by atoms with Crippen molar-refractivity contribution >= 4 is 11.5 Å². The zero-order chi connectivity index (χ0) is 22.9. The van der Waals surface area contributed by atoms with E-state index in [9.17, 15) is 0 Å². The van der Waals surface area contributed by atoms with Crippen molar-refractivity contribution in [2.45, 2.75) is 39.8 Å². The standard InChI is InChI=1S/C27H30N6/c1-5-32-15-14-28-26(32)21-12-10-20(11-13-21)17-33-18-31(4)24-16-29-25(30-27(24)33)23-9-7-6-8-22(23)19(2)3/h6-16,19H,5,17-18H2,1-4H3. The molecular weight excluding hydrogens is 408 g/mol. The average molecular weight is 439 g/mol. The minimum absolute atomic E-state index is 0.415. The van der Waals surface area contributed by atoms with Crippen molar-refractivity contribution in [3.8, 4) is 22.8 Å². The topological polar surface area (TPSA) is 50.1 Å². The molecule has 6 heteroatoms. The lowest BCUT2D eigenvalue weighted by Crippen LogP contribution is -2.27. The maximum absolute atomic E-state index is 5.04. The van der Waals surface area contributed by atoms with Gasteiger partial charge in [-0.05, 0) is 24.0 Å². The summed E-state index contributed by atoms with van der Waals surface area (Å²) < 4.78 is 2.16. The van der Waals surface area contributed by atoms with Crippen LogP contribution in [0.4, 0.5) is 11.5 Å². The molecule has 5 rings (SSSR count). The highest BCUT2D eigenvalue weighted by atomic mass is 15.4. The van der Waals surface area contributed by atoms with Crippen LogP contribution in [0.3, 0.4) is 0 Å². The number of hydrogen-bond donors (Lipinski definition) is 0. The van der Waals surface area contributed by atoms with Gasteiger partial charge in [-0.3, -0.25) is 0 Å². The molecule has 0 atom stereocenters. The molecule has 1 aliphatic heterocycles. The Bertz CT molecular complexity index is 1260. The summed E-state index contributed by atoms with van der Waals surface area (Å²) in [5.74, 6) is 3.21. The number of benzene rings is 2. The van der Waals surface area contributed by atoms with Crippen LogP contribution in [0.5, 0.6) is 0 Å². The van der Waals surface area contributed by atoms with E-state index in [0.717, 1.165) is 54.0 Å². The zero-order valence-electron chi connectivity index (χ0n) is 19.7. The van der Waals surface area contributed by atoms with E-state index in [1.807, 2.05) is 18.6 Å². The third-order valence-corrected chi connectivity index (χ3v) is 6.31. The summed E-state index contributed by atoms with van der Waals surface area (Å²) in [6.45, 7) is 9.06. The molecule has 0 saturated heterocycles. The molecule has 3 heterocycles. The normalized spacial score (nSPS) is 13.1. The third-order valence-electron chi connectivity index (χ3n) is 6.31. The molecule has 1 aliphatic rings. The quantitative estimate of drug-likeness (QED) is 0.394. The first-order valence-corrected chi connectivity index (χ1v) is 11.6. The van der Waals surface area contributed by atoms with Crippen molar-refractivity contribution in [3.63, 3.8) is 0 Å². The van der Waals surface area contributed by atoms with Gasteiger partial charge in [0.25, 0.3) is 0 Å². The highest BCUT2D eigenvalue weighted by Crippen LogP contribution is 2.36. The van der Waals surface area contributed by atoms with Crippen molar-refractivity contribution in [2.75, 3.05) is 23.5 Å². The first kappa shape index (κ1) is 21.2. The van der Waals surface area contributed by atoms with Crippen molar-refractivity contribution in [2.24, 2.45) is 0 Å². The predicted molar refractivity (Wildman–Crippen MR) is 134 cm³/mol. The van der Waals surface area contributed by atoms with Gasteiger partial charge in [-0.15, -0.1) is 0 Å². The Morgan fingerprint density at radius 1 is 1.00 bits per heavy atom. The molecule has 4 aromatic rings. The first-order chi connectivity index (χ1) is 16.0. The molecule has 0 unspecified atom stereocenters. The molecule has 0 N–H and O–H groups in total. The Kier molecular flexibility index (Phi) is 5.58. The summed E-state index contributed by atoms with van der Waals surface area (Å²) in [6, 6.07) is 17.2. The molecule has 0 bridgehead atoms. The van der Waals surface area contributed by atoms with Gasteiger partial charge in [0.2, 0.25) is 0 Å². The number of anilines is 2. The minimum Gasteiger partial charge on any atom is -0.353 e. The third kappa shape index (κ3) is 3.97. The van der Waals surface area contributed by atoms with Gasteiger partial charge in [0.05, 0.1) is 18.6 Å². The lowest BCUT2D eigenvalue weighted by molar-refractivity contribution is 0.770. The SMILES string of the molecule is CCn1ccnc1-c1ccc(CN2CN(C)c3cnc(-c4ccccc4C(C)C)nc32)cc1. The molecule has 0 radical (unpaired) electrons. The molecule has 6 nitrogen and oxygen atoms in total. The molecule has 0 fully saturated rings. The second-order valence-corrected chi connectivity index (χ2v) is 8.92. The number of aromatic nitrogens is 4. The van der Waals surface area contributed by atoms with E-state index in [2.05, 4.69) is 95.7 Å². The summed E-state index contributed by atoms with van der Waals surface area (Å²) in [5, 5.41) is 0. The highest BCUT2D eigenvalue weighted by Gasteiger charge is 2.26. The number of hydrogen-bond acceptors (Lipinski definition) is 5. The Morgan fingerprint density at radius 3 is 2.55 bits per heavy atom. The molecule has 0 spiro atoms. The fourth-order valence-corrected chi connectivity index (χ4v) is 4.53. The van der Waals surface area contributed by atoms with Gasteiger partial charge in [0.15, 0.2) is 11.6 Å². The fourth-order valence-electron chi connectivity index (χ4n) is 4.53. The van der Waals surface area contributed by atoms with Crippen molar-refractivity contribution in [1.82, 2.24) is 19.5 Å². The summed E-state index contributed by atoms with van der Waals surface area (Å²) in [5.41, 5.74) is 5.84. The number of imidazole rings is 1. The Hall–Kier alpha value is -3.67. The van der Waals surface area contributed by atoms with Crippen LogP contribution in [-0.4, -0.2) is 33.2 Å². The molecule has 168 valence electrons. The van der Waals surface area contributed by atoms with Crippen LogP contribution < -0.4 is 9.80 Å². The lowest BCUT2D eigenvalue weighted by atomic mass is 9.97. The molecule has 0 saturated carbocycles. The average Bonchev–Trinajstić information content (AvgIpc) is 3.44. The molecule has 0 amide bonds. The van der Waals surface area contributed by atoms with E-state index in [0.29, 0.717) is 5.92 Å². The Morgan fingerprint density at radius 2 is 1.79 bits per heavy atom.